The molecule has 0 aliphatic heterocycles. The number of H-pyrrole nitrogens is 1. The smallest absolute Gasteiger partial charge is 0.226 e. The topological polar surface area (TPSA) is 79.4 Å². The molecule has 0 atom stereocenters. The van der Waals surface area contributed by atoms with Gasteiger partial charge in [0.2, 0.25) is 11.2 Å². The molecule has 2 N–H and O–H groups in total. The van der Waals surface area contributed by atoms with E-state index in [1.807, 2.05) is 0 Å². The van der Waals surface area contributed by atoms with Gasteiger partial charge in [0.1, 0.15) is 5.52 Å². The van der Waals surface area contributed by atoms with E-state index in [4.69, 9.17) is 11.6 Å². The van der Waals surface area contributed by atoms with Crippen LogP contribution in [0.2, 0.25) is 5.28 Å². The minimum atomic E-state index is -0.522. The van der Waals surface area contributed by atoms with E-state index in [1.165, 1.54) is 12.4 Å². The number of hydrogen-bond acceptors (Lipinski definition) is 5. The second-order valence-electron chi connectivity index (χ2n) is 3.75. The zero-order valence-corrected chi connectivity index (χ0v) is 10.3. The zero-order chi connectivity index (χ0) is 13.2. The average Bonchev–Trinajstić information content (AvgIpc) is 2.84. The lowest BCUT2D eigenvalue weighted by atomic mass is 10.3. The van der Waals surface area contributed by atoms with Crippen LogP contribution in [0, 0.1) is 5.95 Å². The Morgan fingerprint density at radius 3 is 3.00 bits per heavy atom. The highest BCUT2D eigenvalue weighted by Gasteiger charge is 2.08. The molecule has 0 aliphatic carbocycles. The summed E-state index contributed by atoms with van der Waals surface area (Å²) in [5.41, 5.74) is 1.66. The average molecular weight is 279 g/mol. The number of halogens is 2. The van der Waals surface area contributed by atoms with Crippen LogP contribution in [0.15, 0.2) is 24.5 Å². The van der Waals surface area contributed by atoms with E-state index in [1.54, 1.807) is 12.1 Å². The van der Waals surface area contributed by atoms with E-state index in [0.717, 1.165) is 0 Å². The molecule has 6 nitrogen and oxygen atoms in total. The fourth-order valence-electron chi connectivity index (χ4n) is 1.66. The van der Waals surface area contributed by atoms with Gasteiger partial charge in [0.15, 0.2) is 11.5 Å². The predicted octanol–water partition coefficient (Wildman–Crippen LogP) is 2.15. The first-order valence-corrected chi connectivity index (χ1v) is 5.82. The minimum absolute atomic E-state index is 0.0919. The summed E-state index contributed by atoms with van der Waals surface area (Å²) in [5, 5.41) is 3.11. The number of aromatic nitrogens is 5. The summed E-state index contributed by atoms with van der Waals surface area (Å²) in [6.45, 7) is 0.319. The molecule has 3 aromatic heterocycles. The molecule has 0 saturated heterocycles. The van der Waals surface area contributed by atoms with Gasteiger partial charge in [-0.05, 0) is 23.7 Å². The molecule has 3 heterocycles. The second kappa shape index (κ2) is 4.77. The Kier molecular flexibility index (Phi) is 2.96. The van der Waals surface area contributed by atoms with Crippen molar-refractivity contribution in [1.82, 2.24) is 24.9 Å². The van der Waals surface area contributed by atoms with Crippen LogP contribution in [0.5, 0.6) is 0 Å². The standard InChI is InChI=1S/C11H8ClFN6/c12-11-18-9(8-10(19-11)16-5-15-8)14-4-6-2-1-3-7(13)17-6/h1-3,5H,4H2,(H2,14,15,16,18,19). The number of nitrogens with zero attached hydrogens (tertiary/aromatic N) is 4. The summed E-state index contributed by atoms with van der Waals surface area (Å²) in [4.78, 5) is 18.7. The zero-order valence-electron chi connectivity index (χ0n) is 9.56. The van der Waals surface area contributed by atoms with Crippen LogP contribution < -0.4 is 5.32 Å². The van der Waals surface area contributed by atoms with Crippen molar-refractivity contribution in [2.45, 2.75) is 6.54 Å². The third-order valence-corrected chi connectivity index (χ3v) is 2.64. The van der Waals surface area contributed by atoms with E-state index >= 15 is 0 Å². The number of nitrogens with one attached hydrogen (secondary N) is 2. The van der Waals surface area contributed by atoms with Crippen molar-refractivity contribution in [3.8, 4) is 0 Å². The Morgan fingerprint density at radius 2 is 2.16 bits per heavy atom. The maximum absolute atomic E-state index is 13.0. The summed E-state index contributed by atoms with van der Waals surface area (Å²) < 4.78 is 13.0. The second-order valence-corrected chi connectivity index (χ2v) is 4.09. The van der Waals surface area contributed by atoms with Crippen molar-refractivity contribution >= 4 is 28.6 Å². The molecule has 8 heteroatoms. The van der Waals surface area contributed by atoms with E-state index in [0.29, 0.717) is 29.2 Å². The minimum Gasteiger partial charge on any atom is -0.362 e. The highest BCUT2D eigenvalue weighted by Crippen LogP contribution is 2.18. The number of rotatable bonds is 3. The first-order chi connectivity index (χ1) is 9.22. The summed E-state index contributed by atoms with van der Waals surface area (Å²) in [7, 11) is 0. The molecule has 0 unspecified atom stereocenters. The molecule has 3 rings (SSSR count). The Hall–Kier alpha value is -2.28. The maximum atomic E-state index is 13.0. The summed E-state index contributed by atoms with van der Waals surface area (Å²) in [5.74, 6) is -0.0229. The van der Waals surface area contributed by atoms with Gasteiger partial charge in [0.25, 0.3) is 0 Å². The van der Waals surface area contributed by atoms with Gasteiger partial charge >= 0.3 is 0 Å². The van der Waals surface area contributed by atoms with Crippen molar-refractivity contribution in [3.63, 3.8) is 0 Å². The van der Waals surface area contributed by atoms with Gasteiger partial charge < -0.3 is 10.3 Å². The van der Waals surface area contributed by atoms with Crippen molar-refractivity contribution in [2.24, 2.45) is 0 Å². The molecule has 3 aromatic rings. The largest absolute Gasteiger partial charge is 0.362 e. The quantitative estimate of drug-likeness (QED) is 0.567. The molecule has 0 aromatic carbocycles. The molecule has 0 spiro atoms. The summed E-state index contributed by atoms with van der Waals surface area (Å²) in [6, 6.07) is 4.60. The first-order valence-electron chi connectivity index (χ1n) is 5.44. The van der Waals surface area contributed by atoms with Crippen LogP contribution in [-0.2, 0) is 6.54 Å². The Labute approximate surface area is 112 Å². The highest BCUT2D eigenvalue weighted by molar-refractivity contribution is 6.28. The van der Waals surface area contributed by atoms with Crippen molar-refractivity contribution in [1.29, 1.82) is 0 Å². The van der Waals surface area contributed by atoms with Crippen molar-refractivity contribution in [2.75, 3.05) is 5.32 Å². The third kappa shape index (κ3) is 2.45. The van der Waals surface area contributed by atoms with Gasteiger partial charge in [-0.3, -0.25) is 0 Å². The molecular weight excluding hydrogens is 271 g/mol. The van der Waals surface area contributed by atoms with Crippen molar-refractivity contribution < 1.29 is 4.39 Å². The number of anilines is 1. The number of aromatic amines is 1. The monoisotopic (exact) mass is 278 g/mol. The van der Waals surface area contributed by atoms with Crippen LogP contribution in [0.3, 0.4) is 0 Å². The van der Waals surface area contributed by atoms with Gasteiger partial charge in [-0.2, -0.15) is 14.4 Å². The number of pyridine rings is 1. The lowest BCUT2D eigenvalue weighted by Crippen LogP contribution is -2.05. The fourth-order valence-corrected chi connectivity index (χ4v) is 1.82. The Morgan fingerprint density at radius 1 is 1.26 bits per heavy atom. The molecule has 0 saturated carbocycles. The normalized spacial score (nSPS) is 10.8. The summed E-state index contributed by atoms with van der Waals surface area (Å²) >= 11 is 5.80. The number of fused-ring (bicyclic) bond motifs is 1. The van der Waals surface area contributed by atoms with Gasteiger partial charge in [-0.15, -0.1) is 0 Å². The molecule has 19 heavy (non-hydrogen) atoms. The maximum Gasteiger partial charge on any atom is 0.226 e. The molecular formula is C11H8ClFN6. The van der Waals surface area contributed by atoms with E-state index < -0.39 is 5.95 Å². The van der Waals surface area contributed by atoms with Crippen LogP contribution >= 0.6 is 11.6 Å². The van der Waals surface area contributed by atoms with E-state index in [2.05, 4.69) is 30.2 Å². The lowest BCUT2D eigenvalue weighted by Gasteiger charge is -2.06. The van der Waals surface area contributed by atoms with Gasteiger partial charge in [0, 0.05) is 0 Å². The first kappa shape index (κ1) is 11.8. The molecule has 0 amide bonds. The number of imidazole rings is 1. The fraction of sp³-hybridized carbons (Fsp3) is 0.0909. The predicted molar refractivity (Wildman–Crippen MR) is 68.2 cm³/mol. The van der Waals surface area contributed by atoms with Crippen molar-refractivity contribution in [3.05, 3.63) is 41.5 Å². The molecule has 96 valence electrons. The van der Waals surface area contributed by atoms with Crippen LogP contribution in [-0.4, -0.2) is 24.9 Å². The van der Waals surface area contributed by atoms with E-state index in [9.17, 15) is 4.39 Å². The van der Waals surface area contributed by atoms with Gasteiger partial charge in [-0.1, -0.05) is 6.07 Å². The highest BCUT2D eigenvalue weighted by atomic mass is 35.5. The number of hydrogen-bond donors (Lipinski definition) is 2. The van der Waals surface area contributed by atoms with Gasteiger partial charge in [-0.25, -0.2) is 9.97 Å². The molecule has 0 aliphatic rings. The van der Waals surface area contributed by atoms with Crippen LogP contribution in [0.25, 0.3) is 11.2 Å². The molecule has 0 bridgehead atoms. The van der Waals surface area contributed by atoms with E-state index in [-0.39, 0.29) is 5.28 Å². The SMILES string of the molecule is Fc1cccc(CNc2nc(Cl)nc3nc[nH]c23)n1. The summed E-state index contributed by atoms with van der Waals surface area (Å²) in [6.07, 6.45) is 1.50. The van der Waals surface area contributed by atoms with Gasteiger partial charge in [0.05, 0.1) is 18.6 Å². The lowest BCUT2D eigenvalue weighted by molar-refractivity contribution is 0.578. The van der Waals surface area contributed by atoms with Crippen LogP contribution in [0.4, 0.5) is 10.2 Å². The Bertz CT molecular complexity index is 728. The van der Waals surface area contributed by atoms with Crippen LogP contribution in [0.1, 0.15) is 5.69 Å². The molecule has 0 radical (unpaired) electrons. The third-order valence-electron chi connectivity index (χ3n) is 2.47. The molecule has 0 fully saturated rings. The Balaban J connectivity index is 1.87.